The SMILES string of the molecule is Cc1cc(S(=O)(=O)N(C)c2nnnn2C)sc1C. The number of aromatic nitrogens is 4. The number of sulfonamides is 1. The summed E-state index contributed by atoms with van der Waals surface area (Å²) in [5, 5.41) is 10.7. The molecule has 98 valence electrons. The Balaban J connectivity index is 2.46. The molecule has 0 spiro atoms. The Kier molecular flexibility index (Phi) is 3.11. The highest BCUT2D eigenvalue weighted by molar-refractivity contribution is 7.94. The highest BCUT2D eigenvalue weighted by atomic mass is 32.2. The van der Waals surface area contributed by atoms with Gasteiger partial charge in [-0.25, -0.2) is 17.4 Å². The number of hydrogen-bond donors (Lipinski definition) is 0. The lowest BCUT2D eigenvalue weighted by atomic mass is 10.3. The van der Waals surface area contributed by atoms with Crippen LogP contribution in [-0.4, -0.2) is 35.7 Å². The van der Waals surface area contributed by atoms with E-state index in [-0.39, 0.29) is 5.95 Å². The van der Waals surface area contributed by atoms with Crippen LogP contribution in [0.5, 0.6) is 0 Å². The molecule has 0 aliphatic heterocycles. The summed E-state index contributed by atoms with van der Waals surface area (Å²) in [6, 6.07) is 1.66. The van der Waals surface area contributed by atoms with Crippen molar-refractivity contribution < 1.29 is 8.42 Å². The van der Waals surface area contributed by atoms with Gasteiger partial charge in [-0.05, 0) is 35.9 Å². The number of thiophene rings is 1. The summed E-state index contributed by atoms with van der Waals surface area (Å²) in [6.07, 6.45) is 0. The summed E-state index contributed by atoms with van der Waals surface area (Å²) >= 11 is 1.25. The van der Waals surface area contributed by atoms with Crippen LogP contribution in [0.1, 0.15) is 10.4 Å². The quantitative estimate of drug-likeness (QED) is 0.830. The van der Waals surface area contributed by atoms with Crippen molar-refractivity contribution in [3.8, 4) is 0 Å². The molecule has 0 saturated heterocycles. The number of nitrogens with zero attached hydrogens (tertiary/aromatic N) is 5. The van der Waals surface area contributed by atoms with Crippen molar-refractivity contribution in [2.45, 2.75) is 18.1 Å². The monoisotopic (exact) mass is 287 g/mol. The van der Waals surface area contributed by atoms with Crippen molar-refractivity contribution in [1.29, 1.82) is 0 Å². The molecule has 2 aromatic heterocycles. The number of aryl methyl sites for hydroxylation is 3. The predicted molar refractivity (Wildman–Crippen MR) is 68.2 cm³/mol. The normalized spacial score (nSPS) is 11.8. The van der Waals surface area contributed by atoms with Crippen molar-refractivity contribution >= 4 is 27.3 Å². The zero-order chi connectivity index (χ0) is 13.5. The molecule has 2 heterocycles. The third kappa shape index (κ3) is 1.99. The molecule has 0 radical (unpaired) electrons. The van der Waals surface area contributed by atoms with E-state index in [0.717, 1.165) is 14.7 Å². The summed E-state index contributed by atoms with van der Waals surface area (Å²) in [5.41, 5.74) is 0.961. The van der Waals surface area contributed by atoms with E-state index in [9.17, 15) is 8.42 Å². The fourth-order valence-electron chi connectivity index (χ4n) is 1.40. The zero-order valence-corrected chi connectivity index (χ0v) is 12.1. The van der Waals surface area contributed by atoms with Crippen molar-refractivity contribution in [1.82, 2.24) is 20.2 Å². The van der Waals surface area contributed by atoms with Crippen LogP contribution in [-0.2, 0) is 17.1 Å². The van der Waals surface area contributed by atoms with Crippen LogP contribution in [0.25, 0.3) is 0 Å². The van der Waals surface area contributed by atoms with Gasteiger partial charge in [-0.2, -0.15) is 0 Å². The maximum absolute atomic E-state index is 12.4. The molecule has 0 atom stereocenters. The van der Waals surface area contributed by atoms with E-state index in [1.165, 1.54) is 23.1 Å². The van der Waals surface area contributed by atoms with E-state index in [4.69, 9.17) is 0 Å². The van der Waals surface area contributed by atoms with Crippen molar-refractivity contribution in [3.05, 3.63) is 16.5 Å². The Labute approximate surface area is 109 Å². The smallest absolute Gasteiger partial charge is 0.235 e. The fourth-order valence-corrected chi connectivity index (χ4v) is 4.25. The molecule has 18 heavy (non-hydrogen) atoms. The number of hydrogen-bond acceptors (Lipinski definition) is 6. The minimum absolute atomic E-state index is 0.179. The molecule has 2 rings (SSSR count). The van der Waals surface area contributed by atoms with Crippen LogP contribution >= 0.6 is 11.3 Å². The molecule has 0 amide bonds. The zero-order valence-electron chi connectivity index (χ0n) is 10.4. The van der Waals surface area contributed by atoms with Gasteiger partial charge in [0, 0.05) is 19.0 Å². The lowest BCUT2D eigenvalue weighted by Crippen LogP contribution is -2.28. The van der Waals surface area contributed by atoms with E-state index in [1.54, 1.807) is 13.1 Å². The van der Waals surface area contributed by atoms with Crippen LogP contribution < -0.4 is 4.31 Å². The summed E-state index contributed by atoms with van der Waals surface area (Å²) in [4.78, 5) is 0.984. The molecule has 0 saturated carbocycles. The van der Waals surface area contributed by atoms with Gasteiger partial charge in [-0.1, -0.05) is 5.10 Å². The maximum Gasteiger partial charge on any atom is 0.275 e. The Hall–Kier alpha value is -1.48. The molecule has 0 N–H and O–H groups in total. The van der Waals surface area contributed by atoms with Gasteiger partial charge in [0.1, 0.15) is 4.21 Å². The van der Waals surface area contributed by atoms with Gasteiger partial charge in [0.15, 0.2) is 0 Å². The summed E-state index contributed by atoms with van der Waals surface area (Å²) in [7, 11) is -0.572. The van der Waals surface area contributed by atoms with Gasteiger partial charge in [-0.3, -0.25) is 0 Å². The number of anilines is 1. The molecule has 0 bridgehead atoms. The minimum Gasteiger partial charge on any atom is -0.235 e. The first kappa shape index (κ1) is 13.0. The van der Waals surface area contributed by atoms with E-state index < -0.39 is 10.0 Å². The van der Waals surface area contributed by atoms with E-state index in [0.29, 0.717) is 4.21 Å². The van der Waals surface area contributed by atoms with Gasteiger partial charge in [-0.15, -0.1) is 11.3 Å². The van der Waals surface area contributed by atoms with Crippen LogP contribution in [0, 0.1) is 13.8 Å². The molecule has 7 nitrogen and oxygen atoms in total. The van der Waals surface area contributed by atoms with E-state index >= 15 is 0 Å². The fraction of sp³-hybridized carbons (Fsp3) is 0.444. The van der Waals surface area contributed by atoms with Crippen molar-refractivity contribution in [3.63, 3.8) is 0 Å². The van der Waals surface area contributed by atoms with E-state index in [1.807, 2.05) is 13.8 Å². The Bertz CT molecular complexity index is 653. The summed E-state index contributed by atoms with van der Waals surface area (Å²) < 4.78 is 27.4. The van der Waals surface area contributed by atoms with Gasteiger partial charge >= 0.3 is 0 Å². The maximum atomic E-state index is 12.4. The second-order valence-corrected chi connectivity index (χ2v) is 7.33. The van der Waals surface area contributed by atoms with Gasteiger partial charge in [0.2, 0.25) is 0 Å². The molecule has 2 aromatic rings. The van der Waals surface area contributed by atoms with Crippen molar-refractivity contribution in [2.24, 2.45) is 7.05 Å². The molecular weight excluding hydrogens is 274 g/mol. The molecule has 0 unspecified atom stereocenters. The van der Waals surface area contributed by atoms with Gasteiger partial charge < -0.3 is 0 Å². The largest absolute Gasteiger partial charge is 0.275 e. The van der Waals surface area contributed by atoms with E-state index in [2.05, 4.69) is 15.5 Å². The first-order chi connectivity index (χ1) is 8.34. The highest BCUT2D eigenvalue weighted by Crippen LogP contribution is 2.28. The van der Waals surface area contributed by atoms with Crippen LogP contribution in [0.2, 0.25) is 0 Å². The molecule has 0 aromatic carbocycles. The topological polar surface area (TPSA) is 81.0 Å². The average Bonchev–Trinajstić information content (AvgIpc) is 2.85. The second kappa shape index (κ2) is 4.32. The lowest BCUT2D eigenvalue weighted by Gasteiger charge is -2.15. The number of tetrazole rings is 1. The summed E-state index contributed by atoms with van der Waals surface area (Å²) in [6.45, 7) is 3.78. The van der Waals surface area contributed by atoms with Crippen LogP contribution in [0.15, 0.2) is 10.3 Å². The first-order valence-electron chi connectivity index (χ1n) is 5.12. The Morgan fingerprint density at radius 2 is 2.06 bits per heavy atom. The van der Waals surface area contributed by atoms with Crippen LogP contribution in [0.4, 0.5) is 5.95 Å². The second-order valence-electron chi connectivity index (χ2n) is 3.88. The molecule has 9 heteroatoms. The molecule has 0 aliphatic rings. The van der Waals surface area contributed by atoms with Gasteiger partial charge in [0.05, 0.1) is 0 Å². The molecule has 0 fully saturated rings. The third-order valence-corrected chi connectivity index (χ3v) is 5.98. The summed E-state index contributed by atoms with van der Waals surface area (Å²) in [5.74, 6) is 0.179. The molecule has 0 aliphatic carbocycles. The standard InChI is InChI=1S/C9H13N5O2S2/c1-6-5-8(17-7(6)2)18(15,16)14(4)9-10-11-12-13(9)3/h5H,1-4H3. The lowest BCUT2D eigenvalue weighted by molar-refractivity contribution is 0.593. The first-order valence-corrected chi connectivity index (χ1v) is 7.38. The van der Waals surface area contributed by atoms with Crippen molar-refractivity contribution in [2.75, 3.05) is 11.4 Å². The molecular formula is C9H13N5O2S2. The Morgan fingerprint density at radius 3 is 2.50 bits per heavy atom. The third-order valence-electron chi connectivity index (χ3n) is 2.64. The average molecular weight is 287 g/mol. The highest BCUT2D eigenvalue weighted by Gasteiger charge is 2.27. The van der Waals surface area contributed by atoms with Gasteiger partial charge in [0.25, 0.3) is 16.0 Å². The minimum atomic E-state index is -3.60. The number of rotatable bonds is 3. The Morgan fingerprint density at radius 1 is 1.39 bits per heavy atom. The predicted octanol–water partition coefficient (Wildman–Crippen LogP) is 0.714. The van der Waals surface area contributed by atoms with Crippen LogP contribution in [0.3, 0.4) is 0 Å².